The number of nitrogens with one attached hydrogen (secondary N) is 1. The zero-order valence-electron chi connectivity index (χ0n) is 10.2. The first-order valence-corrected chi connectivity index (χ1v) is 6.61. The van der Waals surface area contributed by atoms with E-state index >= 15 is 0 Å². The molecule has 0 amide bonds. The van der Waals surface area contributed by atoms with Crippen LogP contribution in [0.1, 0.15) is 11.8 Å². The maximum atomic E-state index is 4.53. The molecule has 0 atom stereocenters. The number of hydrogen-bond acceptors (Lipinski definition) is 5. The van der Waals surface area contributed by atoms with Crippen molar-refractivity contribution in [2.75, 3.05) is 11.9 Å². The van der Waals surface area contributed by atoms with Gasteiger partial charge in [-0.15, -0.1) is 11.3 Å². The van der Waals surface area contributed by atoms with Crippen LogP contribution in [0.2, 0.25) is 0 Å². The standard InChI is InChI=1S/C12H13N5S/c1-3-13-12-15-10(17-6-4-5-14-17)9-7-8(2)18-11(9)16-12/h4-7H,3H2,1-2H3,(H,13,15,16). The fourth-order valence-corrected chi connectivity index (χ4v) is 2.71. The van der Waals surface area contributed by atoms with Gasteiger partial charge in [-0.3, -0.25) is 0 Å². The molecule has 5 nitrogen and oxygen atoms in total. The lowest BCUT2D eigenvalue weighted by Gasteiger charge is -2.06. The Hall–Kier alpha value is -1.95. The molecule has 0 aliphatic rings. The molecule has 0 unspecified atom stereocenters. The van der Waals surface area contributed by atoms with Crippen molar-refractivity contribution < 1.29 is 0 Å². The van der Waals surface area contributed by atoms with Gasteiger partial charge in [0.2, 0.25) is 5.95 Å². The topological polar surface area (TPSA) is 55.6 Å². The Morgan fingerprint density at radius 3 is 3.00 bits per heavy atom. The molecule has 0 aromatic carbocycles. The zero-order valence-corrected chi connectivity index (χ0v) is 11.0. The monoisotopic (exact) mass is 259 g/mol. The maximum Gasteiger partial charge on any atom is 0.226 e. The first-order chi connectivity index (χ1) is 8.78. The molecular weight excluding hydrogens is 246 g/mol. The number of rotatable bonds is 3. The summed E-state index contributed by atoms with van der Waals surface area (Å²) >= 11 is 1.67. The van der Waals surface area contributed by atoms with E-state index in [1.165, 1.54) is 4.88 Å². The number of anilines is 1. The number of aromatic nitrogens is 4. The van der Waals surface area contributed by atoms with Crippen LogP contribution < -0.4 is 5.32 Å². The highest BCUT2D eigenvalue weighted by Crippen LogP contribution is 2.28. The van der Waals surface area contributed by atoms with Crippen LogP contribution in [0.3, 0.4) is 0 Å². The summed E-state index contributed by atoms with van der Waals surface area (Å²) in [4.78, 5) is 11.3. The molecule has 18 heavy (non-hydrogen) atoms. The van der Waals surface area contributed by atoms with Gasteiger partial charge in [0.25, 0.3) is 0 Å². The van der Waals surface area contributed by atoms with Gasteiger partial charge in [0.1, 0.15) is 4.83 Å². The summed E-state index contributed by atoms with van der Waals surface area (Å²) in [6.45, 7) is 4.90. The highest BCUT2D eigenvalue weighted by atomic mass is 32.1. The first-order valence-electron chi connectivity index (χ1n) is 5.80. The van der Waals surface area contributed by atoms with Crippen molar-refractivity contribution in [2.45, 2.75) is 13.8 Å². The summed E-state index contributed by atoms with van der Waals surface area (Å²) in [6, 6.07) is 3.99. The van der Waals surface area contributed by atoms with Crippen molar-refractivity contribution in [3.05, 3.63) is 29.4 Å². The maximum absolute atomic E-state index is 4.53. The van der Waals surface area contributed by atoms with Crippen molar-refractivity contribution in [3.8, 4) is 5.82 Å². The molecule has 6 heteroatoms. The minimum Gasteiger partial charge on any atom is -0.354 e. The summed E-state index contributed by atoms with van der Waals surface area (Å²) in [5.74, 6) is 1.47. The average molecular weight is 259 g/mol. The molecule has 3 heterocycles. The molecule has 0 bridgehead atoms. The summed E-state index contributed by atoms with van der Waals surface area (Å²) in [6.07, 6.45) is 3.64. The summed E-state index contributed by atoms with van der Waals surface area (Å²) < 4.78 is 1.77. The third-order valence-corrected chi connectivity index (χ3v) is 3.50. The molecule has 0 fully saturated rings. The van der Waals surface area contributed by atoms with Crippen molar-refractivity contribution in [1.29, 1.82) is 0 Å². The lowest BCUT2D eigenvalue weighted by molar-refractivity contribution is 0.851. The SMILES string of the molecule is CCNc1nc(-n2cccn2)c2cc(C)sc2n1. The fourth-order valence-electron chi connectivity index (χ4n) is 1.83. The molecule has 0 saturated carbocycles. The van der Waals surface area contributed by atoms with Gasteiger partial charge in [-0.1, -0.05) is 0 Å². The molecular formula is C12H13N5S. The third kappa shape index (κ3) is 1.84. The van der Waals surface area contributed by atoms with Crippen LogP contribution in [-0.4, -0.2) is 26.3 Å². The van der Waals surface area contributed by atoms with Gasteiger partial charge in [-0.2, -0.15) is 10.1 Å². The molecule has 3 aromatic rings. The molecule has 3 rings (SSSR count). The van der Waals surface area contributed by atoms with Crippen LogP contribution in [0, 0.1) is 6.92 Å². The van der Waals surface area contributed by atoms with Crippen LogP contribution in [0.25, 0.3) is 16.0 Å². The van der Waals surface area contributed by atoms with Gasteiger partial charge in [0.15, 0.2) is 5.82 Å². The Kier molecular flexibility index (Phi) is 2.71. The molecule has 0 aliphatic heterocycles. The summed E-state index contributed by atoms with van der Waals surface area (Å²) in [5, 5.41) is 8.45. The fraction of sp³-hybridized carbons (Fsp3) is 0.250. The van der Waals surface area contributed by atoms with E-state index < -0.39 is 0 Å². The Morgan fingerprint density at radius 1 is 1.39 bits per heavy atom. The molecule has 1 N–H and O–H groups in total. The van der Waals surface area contributed by atoms with E-state index in [1.807, 2.05) is 19.2 Å². The molecule has 0 radical (unpaired) electrons. The van der Waals surface area contributed by atoms with Crippen LogP contribution in [0.4, 0.5) is 5.95 Å². The molecule has 3 aromatic heterocycles. The van der Waals surface area contributed by atoms with Crippen molar-refractivity contribution >= 4 is 27.5 Å². The smallest absolute Gasteiger partial charge is 0.226 e. The van der Waals surface area contributed by atoms with Crippen LogP contribution in [0.5, 0.6) is 0 Å². The number of aryl methyl sites for hydroxylation is 1. The highest BCUT2D eigenvalue weighted by molar-refractivity contribution is 7.18. The second-order valence-corrected chi connectivity index (χ2v) is 5.16. The quantitative estimate of drug-likeness (QED) is 0.785. The van der Waals surface area contributed by atoms with Gasteiger partial charge in [0.05, 0.1) is 5.39 Å². The number of fused-ring (bicyclic) bond motifs is 1. The summed E-state index contributed by atoms with van der Waals surface area (Å²) in [5.41, 5.74) is 0. The van der Waals surface area contributed by atoms with Crippen molar-refractivity contribution in [2.24, 2.45) is 0 Å². The van der Waals surface area contributed by atoms with E-state index in [4.69, 9.17) is 0 Å². The predicted molar refractivity (Wildman–Crippen MR) is 73.4 cm³/mol. The Balaban J connectivity index is 2.26. The minimum atomic E-state index is 0.650. The number of thiophene rings is 1. The number of nitrogens with zero attached hydrogens (tertiary/aromatic N) is 4. The Labute approximate surface area is 109 Å². The van der Waals surface area contributed by atoms with Gasteiger partial charge >= 0.3 is 0 Å². The second-order valence-electron chi connectivity index (χ2n) is 3.93. The molecule has 92 valence electrons. The van der Waals surface area contributed by atoms with E-state index in [9.17, 15) is 0 Å². The Bertz CT molecular complexity index is 671. The van der Waals surface area contributed by atoms with Gasteiger partial charge < -0.3 is 5.32 Å². The van der Waals surface area contributed by atoms with Gasteiger partial charge in [-0.25, -0.2) is 9.67 Å². The predicted octanol–water partition coefficient (Wildman–Crippen LogP) is 2.62. The molecule has 0 aliphatic carbocycles. The second kappa shape index (κ2) is 4.38. The van der Waals surface area contributed by atoms with Gasteiger partial charge in [0, 0.05) is 23.8 Å². The van der Waals surface area contributed by atoms with Crippen molar-refractivity contribution in [3.63, 3.8) is 0 Å². The zero-order chi connectivity index (χ0) is 12.5. The average Bonchev–Trinajstić information content (AvgIpc) is 2.96. The lowest BCUT2D eigenvalue weighted by atomic mass is 10.3. The Morgan fingerprint density at radius 2 is 2.28 bits per heavy atom. The third-order valence-electron chi connectivity index (χ3n) is 2.55. The minimum absolute atomic E-state index is 0.650. The lowest BCUT2D eigenvalue weighted by Crippen LogP contribution is -2.06. The van der Waals surface area contributed by atoms with E-state index in [0.717, 1.165) is 22.6 Å². The van der Waals surface area contributed by atoms with E-state index in [2.05, 4.69) is 33.4 Å². The van der Waals surface area contributed by atoms with E-state index in [0.29, 0.717) is 5.95 Å². The largest absolute Gasteiger partial charge is 0.354 e. The molecule has 0 spiro atoms. The van der Waals surface area contributed by atoms with E-state index in [-0.39, 0.29) is 0 Å². The van der Waals surface area contributed by atoms with E-state index in [1.54, 1.807) is 22.2 Å². The highest BCUT2D eigenvalue weighted by Gasteiger charge is 2.11. The van der Waals surface area contributed by atoms with Crippen LogP contribution in [0.15, 0.2) is 24.5 Å². The van der Waals surface area contributed by atoms with Crippen LogP contribution in [-0.2, 0) is 0 Å². The van der Waals surface area contributed by atoms with Crippen LogP contribution >= 0.6 is 11.3 Å². The summed E-state index contributed by atoms with van der Waals surface area (Å²) in [7, 11) is 0. The van der Waals surface area contributed by atoms with Gasteiger partial charge in [-0.05, 0) is 26.0 Å². The first kappa shape index (κ1) is 11.2. The van der Waals surface area contributed by atoms with Crippen molar-refractivity contribution in [1.82, 2.24) is 19.7 Å². The molecule has 0 saturated heterocycles. The normalized spacial score (nSPS) is 11.0. The number of hydrogen-bond donors (Lipinski definition) is 1.